The van der Waals surface area contributed by atoms with Gasteiger partial charge in [0.1, 0.15) is 11.6 Å². The lowest BCUT2D eigenvalue weighted by Crippen LogP contribution is -2.19. The Morgan fingerprint density at radius 3 is 2.15 bits per heavy atom. The van der Waals surface area contributed by atoms with Crippen molar-refractivity contribution in [2.24, 2.45) is 5.92 Å². The number of hydrogen-bond donors (Lipinski definition) is 0. The molecule has 0 aliphatic heterocycles. The van der Waals surface area contributed by atoms with Crippen molar-refractivity contribution < 1.29 is 19.1 Å². The highest BCUT2D eigenvalue weighted by atomic mass is 16.5. The smallest absolute Gasteiger partial charge is 0.305 e. The third kappa shape index (κ3) is 4.40. The Labute approximate surface area is 77.3 Å². The predicted molar refractivity (Wildman–Crippen MR) is 46.1 cm³/mol. The number of Topliss-reactive ketones (excluding diaryl/α,β-unsaturated/α-hetero) is 2. The normalized spacial score (nSPS) is 11.9. The lowest BCUT2D eigenvalue weighted by Gasteiger charge is -2.04. The van der Waals surface area contributed by atoms with Crippen molar-refractivity contribution in [3.05, 3.63) is 0 Å². The molecule has 0 N–H and O–H groups in total. The number of methoxy groups -OCH3 is 1. The fourth-order valence-electron chi connectivity index (χ4n) is 0.771. The first-order valence-corrected chi connectivity index (χ1v) is 4.09. The van der Waals surface area contributed by atoms with Crippen LogP contribution in [0.5, 0.6) is 0 Å². The highest BCUT2D eigenvalue weighted by Gasteiger charge is 2.18. The fraction of sp³-hybridized carbons (Fsp3) is 0.667. The molecule has 0 saturated carbocycles. The number of carbonyl (C=O) groups excluding carboxylic acids is 3. The number of ketones is 2. The van der Waals surface area contributed by atoms with Crippen LogP contribution in [-0.2, 0) is 19.1 Å². The molecule has 1 atom stereocenters. The lowest BCUT2D eigenvalue weighted by molar-refractivity contribution is -0.143. The molecule has 0 aliphatic rings. The van der Waals surface area contributed by atoms with Crippen molar-refractivity contribution in [1.82, 2.24) is 0 Å². The first-order chi connectivity index (χ1) is 5.99. The quantitative estimate of drug-likeness (QED) is 0.469. The van der Waals surface area contributed by atoms with E-state index in [1.54, 1.807) is 6.92 Å². The second kappa shape index (κ2) is 5.45. The summed E-state index contributed by atoms with van der Waals surface area (Å²) in [5.41, 5.74) is 0. The van der Waals surface area contributed by atoms with E-state index >= 15 is 0 Å². The molecule has 0 amide bonds. The van der Waals surface area contributed by atoms with Crippen LogP contribution >= 0.6 is 0 Å². The Bertz CT molecular complexity index is 220. The molecule has 13 heavy (non-hydrogen) atoms. The van der Waals surface area contributed by atoms with Gasteiger partial charge in [0.2, 0.25) is 0 Å². The van der Waals surface area contributed by atoms with Crippen molar-refractivity contribution in [2.75, 3.05) is 7.11 Å². The minimum Gasteiger partial charge on any atom is -0.469 e. The molecule has 0 spiro atoms. The highest BCUT2D eigenvalue weighted by molar-refractivity contribution is 6.01. The summed E-state index contributed by atoms with van der Waals surface area (Å²) >= 11 is 0. The van der Waals surface area contributed by atoms with Crippen LogP contribution in [0, 0.1) is 5.92 Å². The average Bonchev–Trinajstić information content (AvgIpc) is 2.11. The standard InChI is InChI=1S/C9H14O4/c1-6(7(2)10)8(11)4-5-9(12)13-3/h6H,4-5H2,1-3H3. The van der Waals surface area contributed by atoms with E-state index < -0.39 is 11.9 Å². The van der Waals surface area contributed by atoms with Crippen molar-refractivity contribution in [3.8, 4) is 0 Å². The van der Waals surface area contributed by atoms with E-state index in [2.05, 4.69) is 4.74 Å². The van der Waals surface area contributed by atoms with Gasteiger partial charge in [-0.1, -0.05) is 0 Å². The molecule has 0 aromatic carbocycles. The van der Waals surface area contributed by atoms with E-state index in [1.807, 2.05) is 0 Å². The van der Waals surface area contributed by atoms with Crippen LogP contribution in [0.25, 0.3) is 0 Å². The van der Waals surface area contributed by atoms with Gasteiger partial charge in [0, 0.05) is 6.42 Å². The molecule has 0 fully saturated rings. The molecule has 4 nitrogen and oxygen atoms in total. The summed E-state index contributed by atoms with van der Waals surface area (Å²) in [6.45, 7) is 2.91. The molecule has 74 valence electrons. The maximum absolute atomic E-state index is 11.2. The van der Waals surface area contributed by atoms with E-state index in [1.165, 1.54) is 14.0 Å². The largest absolute Gasteiger partial charge is 0.469 e. The number of ether oxygens (including phenoxy) is 1. The zero-order valence-corrected chi connectivity index (χ0v) is 8.12. The second-order valence-electron chi connectivity index (χ2n) is 2.87. The summed E-state index contributed by atoms with van der Waals surface area (Å²) in [4.78, 5) is 32.6. The Kier molecular flexibility index (Phi) is 4.96. The molecule has 0 rings (SSSR count). The Morgan fingerprint density at radius 1 is 1.23 bits per heavy atom. The second-order valence-corrected chi connectivity index (χ2v) is 2.87. The van der Waals surface area contributed by atoms with Gasteiger partial charge >= 0.3 is 5.97 Å². The molecular weight excluding hydrogens is 172 g/mol. The number of esters is 1. The van der Waals surface area contributed by atoms with Gasteiger partial charge in [-0.05, 0) is 13.8 Å². The molecule has 0 aliphatic carbocycles. The van der Waals surface area contributed by atoms with Gasteiger partial charge in [0.25, 0.3) is 0 Å². The van der Waals surface area contributed by atoms with Gasteiger partial charge < -0.3 is 4.74 Å². The van der Waals surface area contributed by atoms with Crippen LogP contribution in [-0.4, -0.2) is 24.6 Å². The molecule has 0 heterocycles. The van der Waals surface area contributed by atoms with Crippen LogP contribution in [0.3, 0.4) is 0 Å². The molecule has 0 bridgehead atoms. The maximum atomic E-state index is 11.2. The molecule has 4 heteroatoms. The first kappa shape index (κ1) is 11.8. The summed E-state index contributed by atoms with van der Waals surface area (Å²) in [6, 6.07) is 0. The molecule has 1 unspecified atom stereocenters. The molecule has 0 saturated heterocycles. The zero-order valence-electron chi connectivity index (χ0n) is 8.12. The van der Waals surface area contributed by atoms with Gasteiger partial charge in [-0.3, -0.25) is 14.4 Å². The van der Waals surface area contributed by atoms with Gasteiger partial charge in [0.05, 0.1) is 19.4 Å². The number of rotatable bonds is 5. The average molecular weight is 186 g/mol. The Balaban J connectivity index is 3.88. The Morgan fingerprint density at radius 2 is 1.77 bits per heavy atom. The fourth-order valence-corrected chi connectivity index (χ4v) is 0.771. The van der Waals surface area contributed by atoms with Crippen LogP contribution in [0.2, 0.25) is 0 Å². The van der Waals surface area contributed by atoms with Crippen LogP contribution in [0.4, 0.5) is 0 Å². The van der Waals surface area contributed by atoms with Gasteiger partial charge in [0.15, 0.2) is 0 Å². The minimum absolute atomic E-state index is 0.0486. The molecule has 0 aromatic heterocycles. The predicted octanol–water partition coefficient (Wildman–Crippen LogP) is 0.734. The first-order valence-electron chi connectivity index (χ1n) is 4.09. The SMILES string of the molecule is COC(=O)CCC(=O)C(C)C(C)=O. The van der Waals surface area contributed by atoms with Crippen molar-refractivity contribution >= 4 is 17.5 Å². The monoisotopic (exact) mass is 186 g/mol. The topological polar surface area (TPSA) is 60.4 Å². The van der Waals surface area contributed by atoms with E-state index in [9.17, 15) is 14.4 Å². The van der Waals surface area contributed by atoms with E-state index in [-0.39, 0.29) is 24.4 Å². The number of hydrogen-bond acceptors (Lipinski definition) is 4. The molecule has 0 radical (unpaired) electrons. The third-order valence-electron chi connectivity index (χ3n) is 1.90. The van der Waals surface area contributed by atoms with Crippen LogP contribution < -0.4 is 0 Å². The Hall–Kier alpha value is -1.19. The lowest BCUT2D eigenvalue weighted by atomic mass is 9.99. The van der Waals surface area contributed by atoms with Gasteiger partial charge in [-0.15, -0.1) is 0 Å². The maximum Gasteiger partial charge on any atom is 0.305 e. The van der Waals surface area contributed by atoms with Gasteiger partial charge in [-0.25, -0.2) is 0 Å². The summed E-state index contributed by atoms with van der Waals surface area (Å²) in [6.07, 6.45) is 0.125. The highest BCUT2D eigenvalue weighted by Crippen LogP contribution is 2.04. The number of carbonyl (C=O) groups is 3. The summed E-state index contributed by atoms with van der Waals surface area (Å²) in [5, 5.41) is 0. The van der Waals surface area contributed by atoms with Crippen LogP contribution in [0.1, 0.15) is 26.7 Å². The summed E-state index contributed by atoms with van der Waals surface area (Å²) < 4.78 is 4.36. The molecule has 0 aromatic rings. The zero-order chi connectivity index (χ0) is 10.4. The van der Waals surface area contributed by atoms with E-state index in [0.717, 1.165) is 0 Å². The van der Waals surface area contributed by atoms with Crippen LogP contribution in [0.15, 0.2) is 0 Å². The van der Waals surface area contributed by atoms with Gasteiger partial charge in [-0.2, -0.15) is 0 Å². The summed E-state index contributed by atoms with van der Waals surface area (Å²) in [5.74, 6) is -1.42. The van der Waals surface area contributed by atoms with Crippen molar-refractivity contribution in [1.29, 1.82) is 0 Å². The summed E-state index contributed by atoms with van der Waals surface area (Å²) in [7, 11) is 1.27. The van der Waals surface area contributed by atoms with E-state index in [0.29, 0.717) is 0 Å². The van der Waals surface area contributed by atoms with Crippen molar-refractivity contribution in [2.45, 2.75) is 26.7 Å². The minimum atomic E-state index is -0.607. The molecular formula is C9H14O4. The third-order valence-corrected chi connectivity index (χ3v) is 1.90. The van der Waals surface area contributed by atoms with E-state index in [4.69, 9.17) is 0 Å². The van der Waals surface area contributed by atoms with Crippen molar-refractivity contribution in [3.63, 3.8) is 0 Å².